The normalized spacial score (nSPS) is 30.2. The molecule has 0 aromatic heterocycles. The predicted octanol–water partition coefficient (Wildman–Crippen LogP) is 1.88. The van der Waals surface area contributed by atoms with E-state index in [0.717, 1.165) is 19.5 Å². The second kappa shape index (κ2) is 7.53. The van der Waals surface area contributed by atoms with E-state index < -0.39 is 0 Å². The lowest BCUT2D eigenvalue weighted by Gasteiger charge is -2.50. The van der Waals surface area contributed by atoms with Crippen LogP contribution in [0.4, 0.5) is 0 Å². The maximum atomic E-state index is 12.3. The lowest BCUT2D eigenvalue weighted by molar-refractivity contribution is -0.169. The summed E-state index contributed by atoms with van der Waals surface area (Å²) in [5.41, 5.74) is 0. The molecule has 2 unspecified atom stereocenters. The van der Waals surface area contributed by atoms with E-state index in [1.54, 1.807) is 0 Å². The van der Waals surface area contributed by atoms with Gasteiger partial charge in [0.05, 0.1) is 0 Å². The predicted molar refractivity (Wildman–Crippen MR) is 93.0 cm³/mol. The molecule has 1 aliphatic heterocycles. The Balaban J connectivity index is 1.61. The fourth-order valence-electron chi connectivity index (χ4n) is 4.26. The Hall–Kier alpha value is -1.59. The maximum absolute atomic E-state index is 12.3. The first-order valence-electron chi connectivity index (χ1n) is 8.77. The third kappa shape index (κ3) is 3.90. The van der Waals surface area contributed by atoms with Gasteiger partial charge in [-0.15, -0.1) is 0 Å². The first kappa shape index (κ1) is 17.2. The van der Waals surface area contributed by atoms with Crippen LogP contribution in [0, 0.1) is 11.8 Å². The number of ether oxygens (including phenoxy) is 2. The highest BCUT2D eigenvalue weighted by Gasteiger charge is 2.46. The fourth-order valence-corrected chi connectivity index (χ4v) is 4.26. The average molecular weight is 332 g/mol. The molecule has 1 saturated carbocycles. The lowest BCUT2D eigenvalue weighted by atomic mass is 9.72. The van der Waals surface area contributed by atoms with Gasteiger partial charge >= 0.3 is 5.97 Å². The molecule has 0 radical (unpaired) electrons. The average Bonchev–Trinajstić information content (AvgIpc) is 2.54. The first-order chi connectivity index (χ1) is 11.5. The SMILES string of the molecule is CN1CC2CC[C@@H](N(C)C)C(C1)[C@H]2OC(=O)COc1ccccc1. The van der Waals surface area contributed by atoms with Crippen molar-refractivity contribution in [2.75, 3.05) is 40.8 Å². The number of hydrogen-bond acceptors (Lipinski definition) is 5. The van der Waals surface area contributed by atoms with Gasteiger partial charge in [-0.1, -0.05) is 18.2 Å². The van der Waals surface area contributed by atoms with Gasteiger partial charge in [-0.2, -0.15) is 0 Å². The van der Waals surface area contributed by atoms with E-state index in [2.05, 4.69) is 30.9 Å². The Morgan fingerprint density at radius 2 is 1.96 bits per heavy atom. The summed E-state index contributed by atoms with van der Waals surface area (Å²) in [6.07, 6.45) is 2.31. The lowest BCUT2D eigenvalue weighted by Crippen LogP contribution is -2.59. The van der Waals surface area contributed by atoms with E-state index in [1.807, 2.05) is 30.3 Å². The van der Waals surface area contributed by atoms with Gasteiger partial charge in [0.15, 0.2) is 6.61 Å². The van der Waals surface area contributed by atoms with Crippen LogP contribution in [-0.2, 0) is 9.53 Å². The van der Waals surface area contributed by atoms with Crippen molar-refractivity contribution in [2.45, 2.75) is 25.0 Å². The molecule has 2 aliphatic rings. The van der Waals surface area contributed by atoms with Crippen LogP contribution in [0.2, 0.25) is 0 Å². The van der Waals surface area contributed by atoms with Crippen LogP contribution in [-0.4, -0.2) is 68.8 Å². The van der Waals surface area contributed by atoms with Crippen molar-refractivity contribution in [3.05, 3.63) is 30.3 Å². The molecule has 0 N–H and O–H groups in total. The molecule has 3 rings (SSSR count). The zero-order chi connectivity index (χ0) is 17.1. The Morgan fingerprint density at radius 3 is 2.67 bits per heavy atom. The van der Waals surface area contributed by atoms with E-state index in [0.29, 0.717) is 23.6 Å². The van der Waals surface area contributed by atoms with Crippen LogP contribution in [0.15, 0.2) is 30.3 Å². The minimum atomic E-state index is -0.261. The van der Waals surface area contributed by atoms with Crippen LogP contribution in [0.1, 0.15) is 12.8 Å². The summed E-state index contributed by atoms with van der Waals surface area (Å²) in [7, 11) is 6.41. The molecule has 4 atom stereocenters. The number of carbonyl (C=O) groups excluding carboxylic acids is 1. The Kier molecular flexibility index (Phi) is 5.41. The van der Waals surface area contributed by atoms with Crippen LogP contribution in [0.5, 0.6) is 5.75 Å². The number of benzene rings is 1. The second-order valence-corrected chi connectivity index (χ2v) is 7.31. The van der Waals surface area contributed by atoms with Gasteiger partial charge in [-0.3, -0.25) is 0 Å². The maximum Gasteiger partial charge on any atom is 0.344 e. The summed E-state index contributed by atoms with van der Waals surface area (Å²) in [6.45, 7) is 1.97. The monoisotopic (exact) mass is 332 g/mol. The molecule has 1 aromatic carbocycles. The van der Waals surface area contributed by atoms with Crippen LogP contribution in [0.25, 0.3) is 0 Å². The van der Waals surface area contributed by atoms with E-state index in [-0.39, 0.29) is 18.7 Å². The highest BCUT2D eigenvalue weighted by Crippen LogP contribution is 2.38. The van der Waals surface area contributed by atoms with Crippen molar-refractivity contribution in [3.8, 4) is 5.75 Å². The molecule has 1 heterocycles. The van der Waals surface area contributed by atoms with Crippen molar-refractivity contribution in [2.24, 2.45) is 11.8 Å². The van der Waals surface area contributed by atoms with Crippen LogP contribution >= 0.6 is 0 Å². The minimum Gasteiger partial charge on any atom is -0.482 e. The summed E-state index contributed by atoms with van der Waals surface area (Å²) < 4.78 is 11.4. The fraction of sp³-hybridized carbons (Fsp3) is 0.632. The number of hydrogen-bond donors (Lipinski definition) is 0. The summed E-state index contributed by atoms with van der Waals surface area (Å²) in [5.74, 6) is 1.25. The van der Waals surface area contributed by atoms with Crippen molar-refractivity contribution < 1.29 is 14.3 Å². The Bertz CT molecular complexity index is 549. The van der Waals surface area contributed by atoms with Gasteiger partial charge in [0, 0.05) is 31.0 Å². The zero-order valence-electron chi connectivity index (χ0n) is 14.9. The summed E-state index contributed by atoms with van der Waals surface area (Å²) >= 11 is 0. The van der Waals surface area contributed by atoms with E-state index in [1.165, 1.54) is 6.42 Å². The van der Waals surface area contributed by atoms with Crippen molar-refractivity contribution >= 4 is 5.97 Å². The molecule has 132 valence electrons. The number of esters is 1. The van der Waals surface area contributed by atoms with Crippen molar-refractivity contribution in [1.82, 2.24) is 9.80 Å². The standard InChI is InChI=1S/C19H28N2O3/c1-20(2)17-10-9-14-11-21(3)12-16(17)19(14)24-18(22)13-23-15-7-5-4-6-8-15/h4-8,14,16-17,19H,9-13H2,1-3H3/t14?,16?,17-,19+/m1/s1. The number of likely N-dealkylation sites (tertiary alicyclic amines) is 1. The molecular weight excluding hydrogens is 304 g/mol. The molecule has 5 heteroatoms. The molecule has 1 saturated heterocycles. The largest absolute Gasteiger partial charge is 0.482 e. The van der Waals surface area contributed by atoms with Gasteiger partial charge in [0.1, 0.15) is 11.9 Å². The third-order valence-electron chi connectivity index (χ3n) is 5.31. The number of nitrogens with zero attached hydrogens (tertiary/aromatic N) is 2. The minimum absolute atomic E-state index is 0.00854. The summed E-state index contributed by atoms with van der Waals surface area (Å²) in [5, 5.41) is 0. The number of fused-ring (bicyclic) bond motifs is 2. The quantitative estimate of drug-likeness (QED) is 0.770. The van der Waals surface area contributed by atoms with E-state index in [9.17, 15) is 4.79 Å². The van der Waals surface area contributed by atoms with E-state index in [4.69, 9.17) is 9.47 Å². The molecule has 0 spiro atoms. The van der Waals surface area contributed by atoms with Crippen LogP contribution in [0.3, 0.4) is 0 Å². The first-order valence-corrected chi connectivity index (χ1v) is 8.77. The molecule has 0 amide bonds. The highest BCUT2D eigenvalue weighted by molar-refractivity contribution is 5.71. The number of para-hydroxylation sites is 1. The smallest absolute Gasteiger partial charge is 0.344 e. The molecule has 1 aromatic rings. The molecule has 5 nitrogen and oxygen atoms in total. The van der Waals surface area contributed by atoms with Crippen LogP contribution < -0.4 is 4.74 Å². The summed E-state index contributed by atoms with van der Waals surface area (Å²) in [4.78, 5) is 16.9. The van der Waals surface area contributed by atoms with Crippen molar-refractivity contribution in [3.63, 3.8) is 0 Å². The Labute approximate surface area is 144 Å². The third-order valence-corrected chi connectivity index (χ3v) is 5.31. The molecular formula is C19H28N2O3. The molecule has 2 bridgehead atoms. The highest BCUT2D eigenvalue weighted by atomic mass is 16.6. The van der Waals surface area contributed by atoms with Gasteiger partial charge in [-0.25, -0.2) is 4.79 Å². The van der Waals surface area contributed by atoms with Gasteiger partial charge in [0.2, 0.25) is 0 Å². The van der Waals surface area contributed by atoms with Gasteiger partial charge < -0.3 is 19.3 Å². The number of carbonyl (C=O) groups is 1. The topological polar surface area (TPSA) is 42.0 Å². The number of piperidine rings is 1. The molecule has 24 heavy (non-hydrogen) atoms. The zero-order valence-corrected chi connectivity index (χ0v) is 14.9. The second-order valence-electron chi connectivity index (χ2n) is 7.31. The summed E-state index contributed by atoms with van der Waals surface area (Å²) in [6, 6.07) is 9.87. The van der Waals surface area contributed by atoms with Gasteiger partial charge in [0.25, 0.3) is 0 Å². The van der Waals surface area contributed by atoms with E-state index >= 15 is 0 Å². The van der Waals surface area contributed by atoms with Crippen molar-refractivity contribution in [1.29, 1.82) is 0 Å². The molecule has 2 fully saturated rings. The number of rotatable bonds is 5. The molecule has 1 aliphatic carbocycles. The Morgan fingerprint density at radius 1 is 1.21 bits per heavy atom. The van der Waals surface area contributed by atoms with Gasteiger partial charge in [-0.05, 0) is 46.1 Å².